The van der Waals surface area contributed by atoms with Crippen LogP contribution in [0.3, 0.4) is 0 Å². The molecule has 0 aliphatic heterocycles. The summed E-state index contributed by atoms with van der Waals surface area (Å²) in [5, 5.41) is 10.0. The van der Waals surface area contributed by atoms with Crippen LogP contribution in [0.25, 0.3) is 0 Å². The first kappa shape index (κ1) is 12.0. The smallest absolute Gasteiger partial charge is 0.0571 e. The van der Waals surface area contributed by atoms with Crippen LogP contribution in [-0.4, -0.2) is 11.2 Å². The Labute approximate surface area is 88.9 Å². The predicted molar refractivity (Wildman–Crippen MR) is 61.1 cm³/mol. The van der Waals surface area contributed by atoms with Gasteiger partial charge in [0.25, 0.3) is 0 Å². The van der Waals surface area contributed by atoms with Crippen LogP contribution in [-0.2, 0) is 0 Å². The van der Waals surface area contributed by atoms with Gasteiger partial charge < -0.3 is 5.11 Å². The molecule has 1 nitrogen and oxygen atoms in total. The van der Waals surface area contributed by atoms with Crippen LogP contribution in [0.2, 0.25) is 0 Å². The van der Waals surface area contributed by atoms with Gasteiger partial charge in [-0.3, -0.25) is 0 Å². The van der Waals surface area contributed by atoms with Gasteiger partial charge in [-0.05, 0) is 42.4 Å². The largest absolute Gasteiger partial charge is 0.393 e. The molecule has 0 aromatic rings. The van der Waals surface area contributed by atoms with E-state index in [1.165, 1.54) is 6.42 Å². The summed E-state index contributed by atoms with van der Waals surface area (Å²) in [6, 6.07) is 0. The van der Waals surface area contributed by atoms with E-state index in [2.05, 4.69) is 34.6 Å². The van der Waals surface area contributed by atoms with Crippen LogP contribution < -0.4 is 0 Å². The van der Waals surface area contributed by atoms with Gasteiger partial charge in [0, 0.05) is 0 Å². The Hall–Kier alpha value is -0.0400. The Morgan fingerprint density at radius 1 is 1.00 bits per heavy atom. The van der Waals surface area contributed by atoms with Crippen molar-refractivity contribution in [3.05, 3.63) is 0 Å². The summed E-state index contributed by atoms with van der Waals surface area (Å²) in [5.74, 6) is 3.37. The monoisotopic (exact) mass is 198 g/mol. The average Bonchev–Trinajstić information content (AvgIpc) is 2.08. The standard InChI is InChI=1S/C13H26O/c1-8(2)11-6-12(9(3)4)10(5)13(14)7-11/h8-14H,6-7H2,1-5H3. The lowest BCUT2D eigenvalue weighted by molar-refractivity contribution is -0.0112. The quantitative estimate of drug-likeness (QED) is 0.721. The van der Waals surface area contributed by atoms with Gasteiger partial charge in [0.05, 0.1) is 6.10 Å². The number of aliphatic hydroxyl groups excluding tert-OH is 1. The second-order valence-electron chi connectivity index (χ2n) is 5.81. The fraction of sp³-hybridized carbons (Fsp3) is 1.00. The van der Waals surface area contributed by atoms with Crippen molar-refractivity contribution in [1.29, 1.82) is 0 Å². The molecule has 0 aromatic carbocycles. The molecule has 1 rings (SSSR count). The van der Waals surface area contributed by atoms with E-state index < -0.39 is 0 Å². The minimum atomic E-state index is -0.0662. The molecular formula is C13H26O. The SMILES string of the molecule is CC(C)C1CC(O)C(C)C(C(C)C)C1. The van der Waals surface area contributed by atoms with Gasteiger partial charge in [-0.25, -0.2) is 0 Å². The Bertz CT molecular complexity index is 174. The van der Waals surface area contributed by atoms with Crippen LogP contribution in [0.5, 0.6) is 0 Å². The Morgan fingerprint density at radius 3 is 2.00 bits per heavy atom. The molecule has 4 atom stereocenters. The molecule has 4 unspecified atom stereocenters. The highest BCUT2D eigenvalue weighted by molar-refractivity contribution is 4.86. The highest BCUT2D eigenvalue weighted by atomic mass is 16.3. The van der Waals surface area contributed by atoms with Crippen LogP contribution in [0.15, 0.2) is 0 Å². The van der Waals surface area contributed by atoms with Crippen LogP contribution in [0.1, 0.15) is 47.5 Å². The van der Waals surface area contributed by atoms with Gasteiger partial charge in [-0.1, -0.05) is 34.6 Å². The first-order chi connectivity index (χ1) is 6.43. The Morgan fingerprint density at radius 2 is 1.57 bits per heavy atom. The molecule has 1 fully saturated rings. The fourth-order valence-corrected chi connectivity index (χ4v) is 2.89. The zero-order valence-electron chi connectivity index (χ0n) is 10.3. The number of hydrogen-bond donors (Lipinski definition) is 1. The van der Waals surface area contributed by atoms with Gasteiger partial charge in [0.15, 0.2) is 0 Å². The first-order valence-electron chi connectivity index (χ1n) is 6.11. The van der Waals surface area contributed by atoms with Crippen LogP contribution in [0, 0.1) is 29.6 Å². The minimum Gasteiger partial charge on any atom is -0.393 e. The van der Waals surface area contributed by atoms with Crippen molar-refractivity contribution in [1.82, 2.24) is 0 Å². The molecule has 0 bridgehead atoms. The first-order valence-corrected chi connectivity index (χ1v) is 6.11. The molecule has 0 saturated heterocycles. The van der Waals surface area contributed by atoms with Crippen molar-refractivity contribution < 1.29 is 5.11 Å². The number of rotatable bonds is 2. The van der Waals surface area contributed by atoms with Crippen molar-refractivity contribution in [2.24, 2.45) is 29.6 Å². The van der Waals surface area contributed by atoms with E-state index in [1.54, 1.807) is 0 Å². The van der Waals surface area contributed by atoms with Crippen molar-refractivity contribution >= 4 is 0 Å². The van der Waals surface area contributed by atoms with Gasteiger partial charge in [0.2, 0.25) is 0 Å². The summed E-state index contributed by atoms with van der Waals surface area (Å²) in [5.41, 5.74) is 0. The minimum absolute atomic E-state index is 0.0662. The fourth-order valence-electron chi connectivity index (χ4n) is 2.89. The zero-order valence-corrected chi connectivity index (χ0v) is 10.3. The van der Waals surface area contributed by atoms with Crippen molar-refractivity contribution in [3.8, 4) is 0 Å². The van der Waals surface area contributed by atoms with Crippen molar-refractivity contribution in [2.75, 3.05) is 0 Å². The second kappa shape index (κ2) is 4.65. The summed E-state index contributed by atoms with van der Waals surface area (Å²) >= 11 is 0. The highest BCUT2D eigenvalue weighted by Crippen LogP contribution is 2.40. The van der Waals surface area contributed by atoms with E-state index in [4.69, 9.17) is 0 Å². The van der Waals surface area contributed by atoms with Gasteiger partial charge >= 0.3 is 0 Å². The third-order valence-electron chi connectivity index (χ3n) is 4.20. The second-order valence-corrected chi connectivity index (χ2v) is 5.81. The summed E-state index contributed by atoms with van der Waals surface area (Å²) in [7, 11) is 0. The molecule has 1 saturated carbocycles. The summed E-state index contributed by atoms with van der Waals surface area (Å²) in [6.45, 7) is 11.4. The van der Waals surface area contributed by atoms with Crippen LogP contribution >= 0.6 is 0 Å². The van der Waals surface area contributed by atoms with E-state index in [9.17, 15) is 5.11 Å². The van der Waals surface area contributed by atoms with Gasteiger partial charge in [-0.15, -0.1) is 0 Å². The molecule has 1 heteroatoms. The van der Waals surface area contributed by atoms with Gasteiger partial charge in [-0.2, -0.15) is 0 Å². The molecule has 0 aromatic heterocycles. The average molecular weight is 198 g/mol. The summed E-state index contributed by atoms with van der Waals surface area (Å²) in [6.07, 6.45) is 2.26. The number of aliphatic hydroxyl groups is 1. The number of hydrogen-bond acceptors (Lipinski definition) is 1. The third-order valence-corrected chi connectivity index (χ3v) is 4.20. The van der Waals surface area contributed by atoms with E-state index in [-0.39, 0.29) is 6.10 Å². The van der Waals surface area contributed by atoms with E-state index in [0.717, 1.165) is 18.3 Å². The lowest BCUT2D eigenvalue weighted by Crippen LogP contribution is -2.38. The maximum absolute atomic E-state index is 10.0. The summed E-state index contributed by atoms with van der Waals surface area (Å²) < 4.78 is 0. The molecule has 84 valence electrons. The summed E-state index contributed by atoms with van der Waals surface area (Å²) in [4.78, 5) is 0. The molecule has 1 aliphatic rings. The Balaban J connectivity index is 2.66. The van der Waals surface area contributed by atoms with Crippen molar-refractivity contribution in [3.63, 3.8) is 0 Å². The molecular weight excluding hydrogens is 172 g/mol. The molecule has 0 radical (unpaired) electrons. The van der Waals surface area contributed by atoms with Gasteiger partial charge in [0.1, 0.15) is 0 Å². The third kappa shape index (κ3) is 2.50. The lowest BCUT2D eigenvalue weighted by Gasteiger charge is -2.41. The normalized spacial score (nSPS) is 39.4. The maximum atomic E-state index is 10.0. The van der Waals surface area contributed by atoms with E-state index in [0.29, 0.717) is 17.8 Å². The van der Waals surface area contributed by atoms with E-state index in [1.807, 2.05) is 0 Å². The molecule has 1 N–H and O–H groups in total. The maximum Gasteiger partial charge on any atom is 0.0571 e. The molecule has 0 spiro atoms. The molecule has 0 amide bonds. The Kier molecular flexibility index (Phi) is 4.00. The lowest BCUT2D eigenvalue weighted by atomic mass is 9.66. The topological polar surface area (TPSA) is 20.2 Å². The highest BCUT2D eigenvalue weighted by Gasteiger charge is 2.36. The van der Waals surface area contributed by atoms with Crippen LogP contribution in [0.4, 0.5) is 0 Å². The predicted octanol–water partition coefficient (Wildman–Crippen LogP) is 3.32. The zero-order chi connectivity index (χ0) is 10.9. The molecule has 14 heavy (non-hydrogen) atoms. The molecule has 0 heterocycles. The van der Waals surface area contributed by atoms with E-state index >= 15 is 0 Å². The molecule has 1 aliphatic carbocycles. The van der Waals surface area contributed by atoms with Crippen molar-refractivity contribution in [2.45, 2.75) is 53.6 Å².